The zero-order chi connectivity index (χ0) is 18.2. The van der Waals surface area contributed by atoms with Crippen LogP contribution in [0.2, 0.25) is 0 Å². The molecule has 3 rings (SSSR count). The van der Waals surface area contributed by atoms with Crippen LogP contribution in [0.25, 0.3) is 0 Å². The molecule has 0 spiro atoms. The van der Waals surface area contributed by atoms with Gasteiger partial charge in [0.1, 0.15) is 11.2 Å². The predicted octanol–water partition coefficient (Wildman–Crippen LogP) is 2.62. The zero-order valence-corrected chi connectivity index (χ0v) is 15.4. The molecule has 2 saturated heterocycles. The summed E-state index contributed by atoms with van der Waals surface area (Å²) in [6, 6.07) is 3.37. The topological polar surface area (TPSA) is 84.8 Å². The number of fused-ring (bicyclic) bond motifs is 2. The zero-order valence-electron chi connectivity index (χ0n) is 15.4. The molecule has 1 N–H and O–H groups in total. The van der Waals surface area contributed by atoms with Crippen LogP contribution >= 0.6 is 0 Å². The number of piperidine rings is 2. The quantitative estimate of drug-likeness (QED) is 0.883. The number of hydrogen-bond donors (Lipinski definition) is 1. The van der Waals surface area contributed by atoms with Gasteiger partial charge in [-0.1, -0.05) is 0 Å². The van der Waals surface area contributed by atoms with E-state index in [2.05, 4.69) is 10.2 Å². The molecule has 2 aliphatic rings. The molecule has 2 unspecified atom stereocenters. The van der Waals surface area contributed by atoms with E-state index in [-0.39, 0.29) is 18.2 Å². The molecule has 0 aromatic carbocycles. The van der Waals surface area contributed by atoms with E-state index in [9.17, 15) is 9.90 Å². The summed E-state index contributed by atoms with van der Waals surface area (Å²) in [5, 5.41) is 19.3. The number of amides is 1. The number of aromatic nitrogens is 2. The van der Waals surface area contributed by atoms with Crippen LogP contribution in [0.1, 0.15) is 58.6 Å². The molecule has 1 aromatic heterocycles. The SMILES string of the molecule is COc1ccc(C2(O)CC3CCCC(C2)N3C(=O)OC(C)(C)C)nn1. The van der Waals surface area contributed by atoms with Gasteiger partial charge in [-0.05, 0) is 46.1 Å². The summed E-state index contributed by atoms with van der Waals surface area (Å²) in [5.74, 6) is 0.415. The van der Waals surface area contributed by atoms with Crippen molar-refractivity contribution in [1.82, 2.24) is 15.1 Å². The van der Waals surface area contributed by atoms with Crippen LogP contribution in [0.5, 0.6) is 5.88 Å². The fourth-order valence-electron chi connectivity index (χ4n) is 3.93. The maximum absolute atomic E-state index is 12.6. The van der Waals surface area contributed by atoms with Gasteiger partial charge in [0.05, 0.1) is 12.8 Å². The molecule has 0 radical (unpaired) electrons. The van der Waals surface area contributed by atoms with Crippen molar-refractivity contribution >= 4 is 6.09 Å². The molecule has 1 amide bonds. The lowest BCUT2D eigenvalue weighted by atomic mass is 9.74. The van der Waals surface area contributed by atoms with Crippen molar-refractivity contribution in [3.05, 3.63) is 17.8 Å². The Hall–Kier alpha value is -1.89. The molecule has 7 nitrogen and oxygen atoms in total. The van der Waals surface area contributed by atoms with Crippen LogP contribution in [0, 0.1) is 0 Å². The van der Waals surface area contributed by atoms with Gasteiger partial charge in [-0.3, -0.25) is 0 Å². The molecular weight excluding hydrogens is 322 g/mol. The average Bonchev–Trinajstić information content (AvgIpc) is 2.52. The van der Waals surface area contributed by atoms with E-state index in [0.29, 0.717) is 24.4 Å². The molecule has 2 atom stereocenters. The average molecular weight is 349 g/mol. The molecule has 25 heavy (non-hydrogen) atoms. The minimum Gasteiger partial charge on any atom is -0.480 e. The van der Waals surface area contributed by atoms with Gasteiger partial charge in [0.25, 0.3) is 0 Å². The van der Waals surface area contributed by atoms with Crippen molar-refractivity contribution in [2.75, 3.05) is 7.11 Å². The van der Waals surface area contributed by atoms with E-state index in [1.54, 1.807) is 12.1 Å². The normalized spacial score (nSPS) is 29.2. The number of nitrogens with zero attached hydrogens (tertiary/aromatic N) is 3. The van der Waals surface area contributed by atoms with Crippen LogP contribution < -0.4 is 4.74 Å². The molecular formula is C18H27N3O4. The van der Waals surface area contributed by atoms with E-state index in [1.165, 1.54) is 7.11 Å². The largest absolute Gasteiger partial charge is 0.480 e. The number of methoxy groups -OCH3 is 1. The van der Waals surface area contributed by atoms with Gasteiger partial charge in [0.15, 0.2) is 0 Å². The molecule has 7 heteroatoms. The van der Waals surface area contributed by atoms with Crippen molar-refractivity contribution in [2.24, 2.45) is 0 Å². The molecule has 1 aromatic rings. The second-order valence-electron chi connectivity index (χ2n) is 8.03. The summed E-state index contributed by atoms with van der Waals surface area (Å²) in [5.41, 5.74) is -1.07. The molecule has 0 saturated carbocycles. The summed E-state index contributed by atoms with van der Waals surface area (Å²) < 4.78 is 10.6. The Kier molecular flexibility index (Phi) is 4.62. The van der Waals surface area contributed by atoms with Crippen molar-refractivity contribution in [2.45, 2.75) is 76.2 Å². The highest BCUT2D eigenvalue weighted by Crippen LogP contribution is 2.44. The fraction of sp³-hybridized carbons (Fsp3) is 0.722. The summed E-state index contributed by atoms with van der Waals surface area (Å²) in [4.78, 5) is 14.5. The molecule has 0 aliphatic carbocycles. The lowest BCUT2D eigenvalue weighted by Crippen LogP contribution is -2.59. The van der Waals surface area contributed by atoms with Crippen molar-refractivity contribution in [3.63, 3.8) is 0 Å². The Bertz CT molecular complexity index is 612. The summed E-state index contributed by atoms with van der Waals surface area (Å²) in [6.45, 7) is 5.61. The minimum atomic E-state index is -1.08. The predicted molar refractivity (Wildman–Crippen MR) is 91.2 cm³/mol. The number of ether oxygens (including phenoxy) is 2. The number of aliphatic hydroxyl groups is 1. The molecule has 138 valence electrons. The first-order valence-electron chi connectivity index (χ1n) is 8.84. The number of carbonyl (C=O) groups is 1. The Morgan fingerprint density at radius 3 is 2.36 bits per heavy atom. The van der Waals surface area contributed by atoms with Gasteiger partial charge < -0.3 is 19.5 Å². The number of rotatable bonds is 2. The summed E-state index contributed by atoms with van der Waals surface area (Å²) in [6.07, 6.45) is 3.39. The second-order valence-corrected chi connectivity index (χ2v) is 8.03. The molecule has 2 aliphatic heterocycles. The van der Waals surface area contributed by atoms with Gasteiger partial charge in [-0.25, -0.2) is 4.79 Å². The van der Waals surface area contributed by atoms with Crippen LogP contribution in [0.4, 0.5) is 4.79 Å². The lowest BCUT2D eigenvalue weighted by Gasteiger charge is -2.51. The first-order chi connectivity index (χ1) is 11.7. The minimum absolute atomic E-state index is 0.0451. The van der Waals surface area contributed by atoms with Gasteiger partial charge in [-0.15, -0.1) is 10.2 Å². The first-order valence-corrected chi connectivity index (χ1v) is 8.84. The molecule has 2 bridgehead atoms. The van der Waals surface area contributed by atoms with Gasteiger partial charge in [0, 0.05) is 31.0 Å². The third kappa shape index (κ3) is 3.71. The van der Waals surface area contributed by atoms with Gasteiger partial charge >= 0.3 is 6.09 Å². The van der Waals surface area contributed by atoms with Crippen molar-refractivity contribution in [1.29, 1.82) is 0 Å². The van der Waals surface area contributed by atoms with E-state index in [0.717, 1.165) is 19.3 Å². The Labute approximate surface area is 148 Å². The summed E-state index contributed by atoms with van der Waals surface area (Å²) in [7, 11) is 1.53. The Morgan fingerprint density at radius 1 is 1.24 bits per heavy atom. The Balaban J connectivity index is 1.81. The van der Waals surface area contributed by atoms with E-state index in [4.69, 9.17) is 9.47 Å². The van der Waals surface area contributed by atoms with E-state index >= 15 is 0 Å². The standard InChI is InChI=1S/C18H27N3O4/c1-17(2,3)25-16(22)21-12-6-5-7-13(21)11-18(23,10-12)14-8-9-15(24-4)20-19-14/h8-9,12-13,23H,5-7,10-11H2,1-4H3. The van der Waals surface area contributed by atoms with Crippen LogP contribution in [0.3, 0.4) is 0 Å². The van der Waals surface area contributed by atoms with Crippen molar-refractivity contribution < 1.29 is 19.4 Å². The lowest BCUT2D eigenvalue weighted by molar-refractivity contribution is -0.0988. The number of carbonyl (C=O) groups excluding carboxylic acids is 1. The highest BCUT2D eigenvalue weighted by Gasteiger charge is 2.49. The fourth-order valence-corrected chi connectivity index (χ4v) is 3.93. The first kappa shape index (κ1) is 17.9. The second kappa shape index (κ2) is 6.44. The van der Waals surface area contributed by atoms with Crippen molar-refractivity contribution in [3.8, 4) is 5.88 Å². The van der Waals surface area contributed by atoms with Gasteiger partial charge in [0.2, 0.25) is 5.88 Å². The van der Waals surface area contributed by atoms with Crippen LogP contribution in [-0.4, -0.2) is 51.1 Å². The third-order valence-corrected chi connectivity index (χ3v) is 4.94. The van der Waals surface area contributed by atoms with E-state index < -0.39 is 11.2 Å². The third-order valence-electron chi connectivity index (χ3n) is 4.94. The van der Waals surface area contributed by atoms with Crippen LogP contribution in [0.15, 0.2) is 12.1 Å². The monoisotopic (exact) mass is 349 g/mol. The molecule has 2 fully saturated rings. The molecule has 3 heterocycles. The van der Waals surface area contributed by atoms with Gasteiger partial charge in [-0.2, -0.15) is 0 Å². The van der Waals surface area contributed by atoms with E-state index in [1.807, 2.05) is 25.7 Å². The maximum atomic E-state index is 12.6. The highest BCUT2D eigenvalue weighted by atomic mass is 16.6. The Morgan fingerprint density at radius 2 is 1.88 bits per heavy atom. The smallest absolute Gasteiger partial charge is 0.410 e. The maximum Gasteiger partial charge on any atom is 0.410 e. The summed E-state index contributed by atoms with van der Waals surface area (Å²) >= 11 is 0. The highest BCUT2D eigenvalue weighted by molar-refractivity contribution is 5.69. The number of hydrogen-bond acceptors (Lipinski definition) is 6. The van der Waals surface area contributed by atoms with Crippen LogP contribution in [-0.2, 0) is 10.3 Å².